The van der Waals surface area contributed by atoms with Crippen molar-refractivity contribution >= 4 is 13.7 Å². The molecule has 0 fully saturated rings. The summed E-state index contributed by atoms with van der Waals surface area (Å²) in [6, 6.07) is -0.162. The second kappa shape index (κ2) is 15.2. The zero-order valence-corrected chi connectivity index (χ0v) is 19.0. The summed E-state index contributed by atoms with van der Waals surface area (Å²) in [5, 5.41) is 2.70. The lowest BCUT2D eigenvalue weighted by atomic mass is 10.2. The van der Waals surface area contributed by atoms with E-state index in [1.165, 1.54) is 0 Å². The molecular formula is C18H38NO8P. The quantitative estimate of drug-likeness (QED) is 0.296. The Morgan fingerprint density at radius 3 is 1.93 bits per heavy atom. The SMILES string of the molecule is CCOP(=O)(CCOCCOCCOC[C@H](C)NC(=O)OC(C)(C)C)OCC. The number of carbonyl (C=O) groups is 1. The molecule has 0 unspecified atom stereocenters. The van der Waals surface area contributed by atoms with Crippen LogP contribution in [-0.4, -0.2) is 76.8 Å². The summed E-state index contributed by atoms with van der Waals surface area (Å²) >= 11 is 0. The number of amides is 1. The maximum absolute atomic E-state index is 12.2. The van der Waals surface area contributed by atoms with Crippen LogP contribution in [0.1, 0.15) is 41.5 Å². The minimum atomic E-state index is -3.05. The van der Waals surface area contributed by atoms with Gasteiger partial charge in [-0.25, -0.2) is 4.79 Å². The summed E-state index contributed by atoms with van der Waals surface area (Å²) in [7, 11) is -3.05. The van der Waals surface area contributed by atoms with Crippen molar-refractivity contribution in [2.24, 2.45) is 0 Å². The highest BCUT2D eigenvalue weighted by atomic mass is 31.2. The Balaban J connectivity index is 3.59. The number of ether oxygens (including phenoxy) is 4. The van der Waals surface area contributed by atoms with E-state index in [1.807, 2.05) is 27.7 Å². The maximum atomic E-state index is 12.2. The van der Waals surface area contributed by atoms with E-state index >= 15 is 0 Å². The largest absolute Gasteiger partial charge is 0.444 e. The van der Waals surface area contributed by atoms with E-state index in [4.69, 9.17) is 28.0 Å². The molecule has 0 rings (SSSR count). The fourth-order valence-corrected chi connectivity index (χ4v) is 3.46. The fourth-order valence-electron chi connectivity index (χ4n) is 1.99. The average molecular weight is 427 g/mol. The molecule has 0 bridgehead atoms. The summed E-state index contributed by atoms with van der Waals surface area (Å²) in [5.74, 6) is 0. The molecule has 28 heavy (non-hydrogen) atoms. The minimum Gasteiger partial charge on any atom is -0.444 e. The molecule has 1 amide bonds. The van der Waals surface area contributed by atoms with E-state index in [9.17, 15) is 9.36 Å². The lowest BCUT2D eigenvalue weighted by Crippen LogP contribution is -2.40. The van der Waals surface area contributed by atoms with Crippen LogP contribution < -0.4 is 5.32 Å². The van der Waals surface area contributed by atoms with Crippen molar-refractivity contribution < 1.29 is 37.4 Å². The number of hydrogen-bond donors (Lipinski definition) is 1. The van der Waals surface area contributed by atoms with E-state index in [-0.39, 0.29) is 18.8 Å². The minimum absolute atomic E-state index is 0.162. The van der Waals surface area contributed by atoms with E-state index in [0.29, 0.717) is 46.2 Å². The van der Waals surface area contributed by atoms with Gasteiger partial charge in [-0.1, -0.05) is 0 Å². The van der Waals surface area contributed by atoms with Gasteiger partial charge in [-0.3, -0.25) is 4.57 Å². The van der Waals surface area contributed by atoms with Gasteiger partial charge in [-0.2, -0.15) is 0 Å². The zero-order valence-electron chi connectivity index (χ0n) is 18.2. The molecule has 0 aromatic heterocycles. The molecule has 10 heteroatoms. The van der Waals surface area contributed by atoms with Crippen molar-refractivity contribution in [1.82, 2.24) is 5.32 Å². The van der Waals surface area contributed by atoms with Gasteiger partial charge in [0.2, 0.25) is 0 Å². The normalized spacial score (nSPS) is 13.4. The van der Waals surface area contributed by atoms with Gasteiger partial charge < -0.3 is 33.3 Å². The van der Waals surface area contributed by atoms with Crippen LogP contribution in [0.25, 0.3) is 0 Å². The Bertz CT molecular complexity index is 445. The lowest BCUT2D eigenvalue weighted by Gasteiger charge is -2.21. The molecule has 0 aliphatic rings. The van der Waals surface area contributed by atoms with Crippen LogP contribution in [0.15, 0.2) is 0 Å². The maximum Gasteiger partial charge on any atom is 0.407 e. The van der Waals surface area contributed by atoms with Crippen molar-refractivity contribution in [2.75, 3.05) is 59.0 Å². The average Bonchev–Trinajstić information content (AvgIpc) is 2.55. The molecule has 0 spiro atoms. The molecule has 1 N–H and O–H groups in total. The van der Waals surface area contributed by atoms with E-state index in [2.05, 4.69) is 5.32 Å². The summed E-state index contributed by atoms with van der Waals surface area (Å²) in [6.45, 7) is 13.8. The molecule has 0 aromatic rings. The van der Waals surface area contributed by atoms with E-state index in [1.54, 1.807) is 13.8 Å². The third-order valence-corrected chi connectivity index (χ3v) is 5.07. The first-order valence-corrected chi connectivity index (χ1v) is 11.5. The Morgan fingerprint density at radius 1 is 0.929 bits per heavy atom. The Labute approximate surface area is 169 Å². The van der Waals surface area contributed by atoms with Gasteiger partial charge >= 0.3 is 13.7 Å². The number of rotatable bonds is 16. The van der Waals surface area contributed by atoms with Crippen LogP contribution in [0.3, 0.4) is 0 Å². The van der Waals surface area contributed by atoms with Crippen molar-refractivity contribution in [3.05, 3.63) is 0 Å². The van der Waals surface area contributed by atoms with Crippen LogP contribution in [0.4, 0.5) is 4.79 Å². The molecule has 9 nitrogen and oxygen atoms in total. The molecule has 168 valence electrons. The van der Waals surface area contributed by atoms with Crippen LogP contribution in [0.2, 0.25) is 0 Å². The van der Waals surface area contributed by atoms with Crippen molar-refractivity contribution in [2.45, 2.75) is 53.2 Å². The molecule has 0 aliphatic heterocycles. The molecule has 0 radical (unpaired) electrons. The van der Waals surface area contributed by atoms with E-state index < -0.39 is 19.3 Å². The molecule has 1 atom stereocenters. The third-order valence-electron chi connectivity index (χ3n) is 3.04. The van der Waals surface area contributed by atoms with Crippen LogP contribution >= 0.6 is 7.60 Å². The first-order chi connectivity index (χ1) is 13.1. The van der Waals surface area contributed by atoms with Crippen molar-refractivity contribution in [3.8, 4) is 0 Å². The zero-order chi connectivity index (χ0) is 21.5. The number of hydrogen-bond acceptors (Lipinski definition) is 8. The highest BCUT2D eigenvalue weighted by Crippen LogP contribution is 2.47. The van der Waals surface area contributed by atoms with E-state index in [0.717, 1.165) is 0 Å². The topological polar surface area (TPSA) is 102 Å². The van der Waals surface area contributed by atoms with Gasteiger partial charge in [0, 0.05) is 0 Å². The third kappa shape index (κ3) is 16.3. The highest BCUT2D eigenvalue weighted by Gasteiger charge is 2.22. The molecule has 0 heterocycles. The second-order valence-electron chi connectivity index (χ2n) is 7.02. The first-order valence-electron chi connectivity index (χ1n) is 9.72. The van der Waals surface area contributed by atoms with Crippen LogP contribution in [0, 0.1) is 0 Å². The smallest absolute Gasteiger partial charge is 0.407 e. The molecule has 0 saturated carbocycles. The van der Waals surface area contributed by atoms with Gasteiger partial charge in [0.15, 0.2) is 0 Å². The number of alkyl carbamates (subject to hydrolysis) is 1. The Kier molecular flexibility index (Phi) is 14.8. The van der Waals surface area contributed by atoms with Gasteiger partial charge in [0.1, 0.15) is 5.60 Å². The van der Waals surface area contributed by atoms with Gasteiger partial charge in [0.05, 0.1) is 65.1 Å². The van der Waals surface area contributed by atoms with Crippen molar-refractivity contribution in [3.63, 3.8) is 0 Å². The fraction of sp³-hybridized carbons (Fsp3) is 0.944. The van der Waals surface area contributed by atoms with Crippen LogP contribution in [0.5, 0.6) is 0 Å². The first kappa shape index (κ1) is 27.3. The van der Waals surface area contributed by atoms with Crippen LogP contribution in [-0.2, 0) is 32.6 Å². The van der Waals surface area contributed by atoms with Gasteiger partial charge in [-0.15, -0.1) is 0 Å². The standard InChI is InChI=1S/C18H38NO8P/c1-7-25-28(21,26-8-2)14-13-23-10-9-22-11-12-24-15-16(3)19-17(20)27-18(4,5)6/h16H,7-15H2,1-6H3,(H,19,20)/t16-/m0/s1. The molecule has 0 aromatic carbocycles. The predicted molar refractivity (Wildman–Crippen MR) is 107 cm³/mol. The predicted octanol–water partition coefficient (Wildman–Crippen LogP) is 3.22. The summed E-state index contributed by atoms with van der Waals surface area (Å²) < 4.78 is 44.0. The van der Waals surface area contributed by atoms with Crippen molar-refractivity contribution in [1.29, 1.82) is 0 Å². The lowest BCUT2D eigenvalue weighted by molar-refractivity contribution is 0.0109. The Hall–Kier alpha value is -0.700. The van der Waals surface area contributed by atoms with Gasteiger partial charge in [-0.05, 0) is 41.5 Å². The highest BCUT2D eigenvalue weighted by molar-refractivity contribution is 7.53. The Morgan fingerprint density at radius 2 is 1.43 bits per heavy atom. The monoisotopic (exact) mass is 427 g/mol. The molecule has 0 saturated heterocycles. The second-order valence-corrected chi connectivity index (χ2v) is 9.20. The summed E-state index contributed by atoms with van der Waals surface area (Å²) in [5.41, 5.74) is -0.524. The molecular weight excluding hydrogens is 389 g/mol. The summed E-state index contributed by atoms with van der Waals surface area (Å²) in [4.78, 5) is 11.6. The summed E-state index contributed by atoms with van der Waals surface area (Å²) in [6.07, 6.45) is -0.240. The number of nitrogens with one attached hydrogen (secondary N) is 1. The van der Waals surface area contributed by atoms with Gasteiger partial charge in [0.25, 0.3) is 0 Å². The molecule has 0 aliphatic carbocycles. The number of carbonyl (C=O) groups excluding carboxylic acids is 1.